The molecule has 6 rings (SSSR count). The van der Waals surface area contributed by atoms with Crippen LogP contribution in [0.3, 0.4) is 0 Å². The van der Waals surface area contributed by atoms with Crippen LogP contribution in [0.5, 0.6) is 11.5 Å². The van der Waals surface area contributed by atoms with Crippen LogP contribution in [0, 0.1) is 5.82 Å². The number of alkyl halides is 3. The Morgan fingerprint density at radius 3 is 2.47 bits per heavy atom. The molecule has 218 valence electrons. The van der Waals surface area contributed by atoms with E-state index in [2.05, 4.69) is 20.1 Å². The number of pyridine rings is 2. The van der Waals surface area contributed by atoms with Gasteiger partial charge in [-0.1, -0.05) is 24.3 Å². The number of fused-ring (bicyclic) bond motifs is 2. The van der Waals surface area contributed by atoms with Crippen molar-refractivity contribution in [3.05, 3.63) is 94.5 Å². The zero-order valence-electron chi connectivity index (χ0n) is 22.5. The summed E-state index contributed by atoms with van der Waals surface area (Å²) in [4.78, 5) is 35.7. The summed E-state index contributed by atoms with van der Waals surface area (Å²) in [6, 6.07) is 12.7. The van der Waals surface area contributed by atoms with Crippen molar-refractivity contribution < 1.29 is 27.1 Å². The maximum Gasteiger partial charge on any atom is 0.434 e. The standard InChI is InChI=1S/C29H21F4N7O3/c1-14(2)39-23-20(10-12-35-26(23)37-28(39)42)43-19-8-7-16(13-18(19)30)22-21(25(34)41)24(29(31,32)33)40(38-22)27-17-6-4-3-5-15(17)9-11-36-27/h3-14H,1-2H3,(H2,34,41)(H,35,37,42). The highest BCUT2D eigenvalue weighted by atomic mass is 19.4. The first-order valence-electron chi connectivity index (χ1n) is 12.9. The number of nitrogens with zero attached hydrogens (tertiary/aromatic N) is 5. The molecule has 14 heteroatoms. The van der Waals surface area contributed by atoms with Crippen molar-refractivity contribution in [2.75, 3.05) is 0 Å². The Hall–Kier alpha value is -5.53. The van der Waals surface area contributed by atoms with Crippen molar-refractivity contribution in [1.29, 1.82) is 0 Å². The number of benzene rings is 2. The van der Waals surface area contributed by atoms with Gasteiger partial charge in [-0.15, -0.1) is 0 Å². The molecule has 0 spiro atoms. The normalized spacial score (nSPS) is 12.0. The van der Waals surface area contributed by atoms with Gasteiger partial charge in [-0.05, 0) is 43.5 Å². The van der Waals surface area contributed by atoms with Gasteiger partial charge >= 0.3 is 11.9 Å². The summed E-state index contributed by atoms with van der Waals surface area (Å²) in [5, 5.41) is 5.01. The second-order valence-electron chi connectivity index (χ2n) is 9.85. The van der Waals surface area contributed by atoms with E-state index in [1.54, 1.807) is 44.2 Å². The Kier molecular flexibility index (Phi) is 6.48. The Balaban J connectivity index is 1.50. The number of carbonyl (C=O) groups is 1. The van der Waals surface area contributed by atoms with E-state index in [1.807, 2.05) is 0 Å². The molecular formula is C29H21F4N7O3. The molecule has 2 aromatic carbocycles. The molecule has 0 fully saturated rings. The summed E-state index contributed by atoms with van der Waals surface area (Å²) in [6.45, 7) is 3.55. The van der Waals surface area contributed by atoms with E-state index in [9.17, 15) is 22.8 Å². The van der Waals surface area contributed by atoms with E-state index in [4.69, 9.17) is 10.5 Å². The molecule has 3 N–H and O–H groups in total. The van der Waals surface area contributed by atoms with Crippen LogP contribution in [-0.4, -0.2) is 35.2 Å². The fourth-order valence-electron chi connectivity index (χ4n) is 4.99. The topological polar surface area (TPSA) is 134 Å². The van der Waals surface area contributed by atoms with Crippen molar-refractivity contribution in [1.82, 2.24) is 29.3 Å². The Labute approximate surface area is 239 Å². The molecular weight excluding hydrogens is 570 g/mol. The van der Waals surface area contributed by atoms with E-state index < -0.39 is 40.5 Å². The van der Waals surface area contributed by atoms with Gasteiger partial charge in [-0.2, -0.15) is 18.3 Å². The maximum absolute atomic E-state index is 15.5. The summed E-state index contributed by atoms with van der Waals surface area (Å²) in [7, 11) is 0. The lowest BCUT2D eigenvalue weighted by Crippen LogP contribution is -2.21. The van der Waals surface area contributed by atoms with Crippen molar-refractivity contribution in [3.8, 4) is 28.6 Å². The number of aromatic amines is 1. The van der Waals surface area contributed by atoms with Gasteiger partial charge in [0.1, 0.15) is 11.2 Å². The molecule has 0 saturated heterocycles. The molecule has 4 heterocycles. The number of amides is 1. The molecule has 1 amide bonds. The third-order valence-electron chi connectivity index (χ3n) is 6.77. The molecule has 0 radical (unpaired) electrons. The lowest BCUT2D eigenvalue weighted by Gasteiger charge is -2.12. The minimum atomic E-state index is -5.08. The molecule has 43 heavy (non-hydrogen) atoms. The smallest absolute Gasteiger partial charge is 0.434 e. The van der Waals surface area contributed by atoms with Crippen LogP contribution in [0.15, 0.2) is 71.8 Å². The zero-order valence-corrected chi connectivity index (χ0v) is 22.5. The van der Waals surface area contributed by atoms with E-state index in [-0.39, 0.29) is 34.6 Å². The molecule has 0 aliphatic carbocycles. The predicted molar refractivity (Wildman–Crippen MR) is 149 cm³/mol. The number of primary amides is 1. The highest BCUT2D eigenvalue weighted by Gasteiger charge is 2.43. The van der Waals surface area contributed by atoms with Crippen LogP contribution in [0.25, 0.3) is 39.0 Å². The number of nitrogens with one attached hydrogen (secondary N) is 1. The van der Waals surface area contributed by atoms with Crippen LogP contribution in [-0.2, 0) is 6.18 Å². The maximum atomic E-state index is 15.5. The Morgan fingerprint density at radius 1 is 1.02 bits per heavy atom. The van der Waals surface area contributed by atoms with Crippen LogP contribution in [0.2, 0.25) is 0 Å². The lowest BCUT2D eigenvalue weighted by molar-refractivity contribution is -0.143. The third kappa shape index (κ3) is 4.66. The first-order chi connectivity index (χ1) is 20.5. The molecule has 0 saturated carbocycles. The molecule has 0 aliphatic rings. The quantitative estimate of drug-likeness (QED) is 0.237. The molecule has 10 nitrogen and oxygen atoms in total. The van der Waals surface area contributed by atoms with E-state index in [0.29, 0.717) is 21.0 Å². The first kappa shape index (κ1) is 27.6. The van der Waals surface area contributed by atoms with Gasteiger partial charge in [-0.25, -0.2) is 23.8 Å². The number of H-pyrrole nitrogens is 1. The van der Waals surface area contributed by atoms with Crippen LogP contribution in [0.4, 0.5) is 17.6 Å². The Morgan fingerprint density at radius 2 is 1.77 bits per heavy atom. The van der Waals surface area contributed by atoms with E-state index in [0.717, 1.165) is 6.07 Å². The van der Waals surface area contributed by atoms with Crippen molar-refractivity contribution >= 4 is 27.8 Å². The number of hydrogen-bond donors (Lipinski definition) is 2. The van der Waals surface area contributed by atoms with Gasteiger partial charge in [0.05, 0.1) is 5.56 Å². The average Bonchev–Trinajstić information content (AvgIpc) is 3.53. The largest absolute Gasteiger partial charge is 0.452 e. The van der Waals surface area contributed by atoms with Gasteiger partial charge in [0.25, 0.3) is 5.91 Å². The fourth-order valence-corrected chi connectivity index (χ4v) is 4.99. The van der Waals surface area contributed by atoms with E-state index in [1.165, 1.54) is 35.2 Å². The Bertz CT molecular complexity index is 2110. The summed E-state index contributed by atoms with van der Waals surface area (Å²) in [5.41, 5.74) is 2.50. The molecule has 0 aliphatic heterocycles. The minimum Gasteiger partial charge on any atom is -0.452 e. The van der Waals surface area contributed by atoms with Crippen LogP contribution >= 0.6 is 0 Å². The van der Waals surface area contributed by atoms with Crippen LogP contribution in [0.1, 0.15) is 35.9 Å². The third-order valence-corrected chi connectivity index (χ3v) is 6.77. The molecule has 4 aromatic heterocycles. The average molecular weight is 592 g/mol. The number of imidazole rings is 1. The van der Waals surface area contributed by atoms with Crippen LogP contribution < -0.4 is 16.2 Å². The zero-order chi connectivity index (χ0) is 30.6. The van der Waals surface area contributed by atoms with Crippen molar-refractivity contribution in [2.24, 2.45) is 5.73 Å². The SMILES string of the molecule is CC(C)n1c(=O)[nH]c2nccc(Oc3ccc(-c4nn(-c5nccc6ccccc56)c(C(F)(F)F)c4C(N)=O)cc3F)c21. The summed E-state index contributed by atoms with van der Waals surface area (Å²) < 4.78 is 66.6. The highest BCUT2D eigenvalue weighted by Crippen LogP contribution is 2.40. The van der Waals surface area contributed by atoms with Gasteiger partial charge in [0, 0.05) is 35.5 Å². The van der Waals surface area contributed by atoms with Crippen molar-refractivity contribution in [2.45, 2.75) is 26.1 Å². The predicted octanol–water partition coefficient (Wildman–Crippen LogP) is 5.76. The lowest BCUT2D eigenvalue weighted by atomic mass is 10.0. The molecule has 0 atom stereocenters. The second kappa shape index (κ2) is 10.1. The van der Waals surface area contributed by atoms with E-state index >= 15 is 4.39 Å². The number of carbonyl (C=O) groups excluding carboxylic acids is 1. The monoisotopic (exact) mass is 591 g/mol. The van der Waals surface area contributed by atoms with Gasteiger partial charge in [-0.3, -0.25) is 14.3 Å². The number of nitrogens with two attached hydrogens (primary N) is 1. The van der Waals surface area contributed by atoms with Gasteiger partial charge < -0.3 is 10.5 Å². The van der Waals surface area contributed by atoms with Crippen molar-refractivity contribution in [3.63, 3.8) is 0 Å². The number of ether oxygens (including phenoxy) is 1. The first-order valence-corrected chi connectivity index (χ1v) is 12.9. The highest BCUT2D eigenvalue weighted by molar-refractivity contribution is 6.01. The number of aromatic nitrogens is 6. The van der Waals surface area contributed by atoms with Gasteiger partial charge in [0.15, 0.2) is 34.5 Å². The fraction of sp³-hybridized carbons (Fsp3) is 0.138. The number of rotatable bonds is 6. The molecule has 6 aromatic rings. The molecule has 0 unspecified atom stereocenters. The summed E-state index contributed by atoms with van der Waals surface area (Å²) in [6.07, 6.45) is -2.39. The molecule has 0 bridgehead atoms. The summed E-state index contributed by atoms with van der Waals surface area (Å²) in [5.74, 6) is -2.76. The second-order valence-corrected chi connectivity index (χ2v) is 9.85. The van der Waals surface area contributed by atoms with Gasteiger partial charge in [0.2, 0.25) is 0 Å². The minimum absolute atomic E-state index is 0.118. The number of hydrogen-bond acceptors (Lipinski definition) is 6. The summed E-state index contributed by atoms with van der Waals surface area (Å²) >= 11 is 0. The number of halogens is 4.